The zero-order valence-electron chi connectivity index (χ0n) is 16.8. The van der Waals surface area contributed by atoms with Crippen LogP contribution in [0, 0.1) is 22.7 Å². The maximum atomic E-state index is 13.5. The maximum Gasteiger partial charge on any atom is 0.256 e. The van der Waals surface area contributed by atoms with E-state index >= 15 is 0 Å². The molecular formula is C22H19N7OS. The molecule has 1 aliphatic heterocycles. The number of carbonyl (C=O) groups excluding carboxylic acids is 1. The van der Waals surface area contributed by atoms with Crippen LogP contribution < -0.4 is 0 Å². The first-order valence-corrected chi connectivity index (χ1v) is 10.7. The maximum absolute atomic E-state index is 13.5. The number of amides is 1. The van der Waals surface area contributed by atoms with E-state index in [9.17, 15) is 10.1 Å². The van der Waals surface area contributed by atoms with Crippen LogP contribution in [0.15, 0.2) is 53.9 Å². The van der Waals surface area contributed by atoms with Crippen LogP contribution in [-0.2, 0) is 0 Å². The molecule has 0 saturated carbocycles. The molecule has 2 atom stereocenters. The highest BCUT2D eigenvalue weighted by Crippen LogP contribution is 2.32. The van der Waals surface area contributed by atoms with E-state index in [4.69, 9.17) is 5.26 Å². The summed E-state index contributed by atoms with van der Waals surface area (Å²) in [6, 6.07) is 12.7. The Balaban J connectivity index is 1.59. The summed E-state index contributed by atoms with van der Waals surface area (Å²) in [6.07, 6.45) is 6.52. The number of hydrogen-bond acceptors (Lipinski definition) is 7. The number of hydrogen-bond donors (Lipinski definition) is 0. The fourth-order valence-corrected chi connectivity index (χ4v) is 4.76. The van der Waals surface area contributed by atoms with Gasteiger partial charge in [0.2, 0.25) is 0 Å². The van der Waals surface area contributed by atoms with Gasteiger partial charge < -0.3 is 4.90 Å². The minimum absolute atomic E-state index is 0.0804. The summed E-state index contributed by atoms with van der Waals surface area (Å²) in [5.41, 5.74) is 1.95. The molecule has 0 aliphatic carbocycles. The molecule has 31 heavy (non-hydrogen) atoms. The molecule has 8 nitrogen and oxygen atoms in total. The van der Waals surface area contributed by atoms with E-state index in [0.717, 1.165) is 17.9 Å². The van der Waals surface area contributed by atoms with Gasteiger partial charge in [-0.1, -0.05) is 0 Å². The average molecular weight is 430 g/mol. The summed E-state index contributed by atoms with van der Waals surface area (Å²) < 4.78 is 0. The van der Waals surface area contributed by atoms with Gasteiger partial charge in [0, 0.05) is 24.0 Å². The number of nitriles is 2. The standard InChI is InChI=1S/C22H19N7OS/c1-15-2-4-18(31-21-11-17(13-24)6-7-25-21)14-28(15)22(30)19-5-3-16(12-23)10-20(19)29-26-8-9-27-29/h3,5-11,15,18H,2,4,14H2,1H3/t15-,18-/m1/s1. The van der Waals surface area contributed by atoms with Crippen LogP contribution in [0.2, 0.25) is 0 Å². The minimum atomic E-state index is -0.117. The van der Waals surface area contributed by atoms with E-state index < -0.39 is 0 Å². The Labute approximate surface area is 184 Å². The zero-order valence-corrected chi connectivity index (χ0v) is 17.7. The summed E-state index contributed by atoms with van der Waals surface area (Å²) in [5, 5.41) is 27.6. The number of benzene rings is 1. The molecular weight excluding hydrogens is 410 g/mol. The Hall–Kier alpha value is -3.69. The Morgan fingerprint density at radius 3 is 2.55 bits per heavy atom. The van der Waals surface area contributed by atoms with Crippen molar-refractivity contribution in [2.75, 3.05) is 6.54 Å². The molecule has 0 radical (unpaired) electrons. The highest BCUT2D eigenvalue weighted by atomic mass is 32.2. The summed E-state index contributed by atoms with van der Waals surface area (Å²) in [6.45, 7) is 2.61. The first-order valence-electron chi connectivity index (χ1n) is 9.83. The number of thioether (sulfide) groups is 1. The average Bonchev–Trinajstić information content (AvgIpc) is 3.34. The molecule has 0 unspecified atom stereocenters. The minimum Gasteiger partial charge on any atom is -0.335 e. The lowest BCUT2D eigenvalue weighted by atomic mass is 10.0. The molecule has 3 aromatic rings. The molecule has 2 aromatic heterocycles. The predicted octanol–water partition coefficient (Wildman–Crippen LogP) is 3.19. The molecule has 1 saturated heterocycles. The summed E-state index contributed by atoms with van der Waals surface area (Å²) >= 11 is 1.59. The summed E-state index contributed by atoms with van der Waals surface area (Å²) in [7, 11) is 0. The fraction of sp³-hybridized carbons (Fsp3) is 0.273. The number of aromatic nitrogens is 4. The molecule has 1 amide bonds. The van der Waals surface area contributed by atoms with Crippen molar-refractivity contribution in [1.29, 1.82) is 10.5 Å². The van der Waals surface area contributed by atoms with Gasteiger partial charge in [-0.2, -0.15) is 25.5 Å². The van der Waals surface area contributed by atoms with Gasteiger partial charge in [0.1, 0.15) is 0 Å². The highest BCUT2D eigenvalue weighted by Gasteiger charge is 2.32. The molecule has 154 valence electrons. The number of carbonyl (C=O) groups is 1. The first-order chi connectivity index (χ1) is 15.1. The van der Waals surface area contributed by atoms with Gasteiger partial charge in [0.25, 0.3) is 5.91 Å². The Morgan fingerprint density at radius 2 is 1.81 bits per heavy atom. The molecule has 1 fully saturated rings. The molecule has 3 heterocycles. The van der Waals surface area contributed by atoms with Gasteiger partial charge in [-0.15, -0.1) is 11.8 Å². The molecule has 0 bridgehead atoms. The van der Waals surface area contributed by atoms with Gasteiger partial charge in [0.15, 0.2) is 0 Å². The first kappa shape index (κ1) is 20.6. The lowest BCUT2D eigenvalue weighted by Gasteiger charge is -2.38. The van der Waals surface area contributed by atoms with Crippen LogP contribution >= 0.6 is 11.8 Å². The van der Waals surface area contributed by atoms with E-state index in [1.54, 1.807) is 48.3 Å². The van der Waals surface area contributed by atoms with Crippen molar-refractivity contribution in [3.63, 3.8) is 0 Å². The second-order valence-electron chi connectivity index (χ2n) is 7.28. The normalized spacial score (nSPS) is 18.2. The van der Waals surface area contributed by atoms with Crippen molar-refractivity contribution in [3.05, 3.63) is 65.6 Å². The number of pyridine rings is 1. The smallest absolute Gasteiger partial charge is 0.256 e. The molecule has 9 heteroatoms. The second-order valence-corrected chi connectivity index (χ2v) is 8.60. The van der Waals surface area contributed by atoms with Crippen LogP contribution in [0.4, 0.5) is 0 Å². The third-order valence-electron chi connectivity index (χ3n) is 5.24. The fourth-order valence-electron chi connectivity index (χ4n) is 3.61. The van der Waals surface area contributed by atoms with E-state index in [0.29, 0.717) is 28.9 Å². The van der Waals surface area contributed by atoms with Gasteiger partial charge in [-0.25, -0.2) is 4.98 Å². The van der Waals surface area contributed by atoms with Crippen molar-refractivity contribution < 1.29 is 4.79 Å². The monoisotopic (exact) mass is 429 g/mol. The number of piperidine rings is 1. The predicted molar refractivity (Wildman–Crippen MR) is 114 cm³/mol. The van der Waals surface area contributed by atoms with Crippen molar-refractivity contribution in [1.82, 2.24) is 24.9 Å². The van der Waals surface area contributed by atoms with Gasteiger partial charge in [0.05, 0.1) is 51.9 Å². The molecule has 4 rings (SSSR count). The van der Waals surface area contributed by atoms with Crippen LogP contribution in [-0.4, -0.2) is 48.6 Å². The van der Waals surface area contributed by atoms with Crippen LogP contribution in [0.5, 0.6) is 0 Å². The topological polar surface area (TPSA) is 111 Å². The van der Waals surface area contributed by atoms with Gasteiger partial charge >= 0.3 is 0 Å². The molecule has 0 spiro atoms. The second kappa shape index (κ2) is 8.99. The Bertz CT molecular complexity index is 1180. The number of rotatable bonds is 4. The lowest BCUT2D eigenvalue weighted by molar-refractivity contribution is 0.0641. The largest absolute Gasteiger partial charge is 0.335 e. The van der Waals surface area contributed by atoms with Gasteiger partial charge in [-0.3, -0.25) is 4.79 Å². The van der Waals surface area contributed by atoms with E-state index in [1.165, 1.54) is 17.2 Å². The quantitative estimate of drug-likeness (QED) is 0.626. The zero-order chi connectivity index (χ0) is 21.8. The van der Waals surface area contributed by atoms with Crippen molar-refractivity contribution >= 4 is 17.7 Å². The Kier molecular flexibility index (Phi) is 5.96. The van der Waals surface area contributed by atoms with Gasteiger partial charge in [-0.05, 0) is 50.1 Å². The SMILES string of the molecule is C[C@@H]1CC[C@@H](Sc2cc(C#N)ccn2)CN1C(=O)c1ccc(C#N)cc1-n1nccn1. The van der Waals surface area contributed by atoms with Crippen LogP contribution in [0.1, 0.15) is 41.3 Å². The number of nitrogens with zero attached hydrogens (tertiary/aromatic N) is 7. The molecule has 1 aromatic carbocycles. The highest BCUT2D eigenvalue weighted by molar-refractivity contribution is 7.99. The van der Waals surface area contributed by atoms with Crippen LogP contribution in [0.3, 0.4) is 0 Å². The van der Waals surface area contributed by atoms with Crippen molar-refractivity contribution in [3.8, 4) is 17.8 Å². The van der Waals surface area contributed by atoms with E-state index in [1.807, 2.05) is 11.8 Å². The van der Waals surface area contributed by atoms with Crippen molar-refractivity contribution in [2.24, 2.45) is 0 Å². The molecule has 0 N–H and O–H groups in total. The summed E-state index contributed by atoms with van der Waals surface area (Å²) in [5.74, 6) is -0.117. The van der Waals surface area contributed by atoms with Crippen molar-refractivity contribution in [2.45, 2.75) is 36.1 Å². The lowest BCUT2D eigenvalue weighted by Crippen LogP contribution is -2.46. The van der Waals surface area contributed by atoms with E-state index in [-0.39, 0.29) is 17.2 Å². The Morgan fingerprint density at radius 1 is 1.06 bits per heavy atom. The number of likely N-dealkylation sites (tertiary alicyclic amines) is 1. The summed E-state index contributed by atoms with van der Waals surface area (Å²) in [4.78, 5) is 21.1. The third kappa shape index (κ3) is 4.42. The van der Waals surface area contributed by atoms with E-state index in [2.05, 4.69) is 27.3 Å². The van der Waals surface area contributed by atoms with Crippen LogP contribution in [0.25, 0.3) is 5.69 Å². The third-order valence-corrected chi connectivity index (χ3v) is 6.43. The molecule has 1 aliphatic rings.